The Balaban J connectivity index is 1.61. The van der Waals surface area contributed by atoms with E-state index in [2.05, 4.69) is 5.32 Å². The maximum atomic E-state index is 12.9. The molecule has 4 nitrogen and oxygen atoms in total. The van der Waals surface area contributed by atoms with Crippen LogP contribution < -0.4 is 14.8 Å². The smallest absolute Gasteiger partial charge is 0.232 e. The Morgan fingerprint density at radius 2 is 1.44 bits per heavy atom. The first-order valence-corrected chi connectivity index (χ1v) is 8.92. The molecule has 0 aliphatic heterocycles. The largest absolute Gasteiger partial charge is 0.497 e. The van der Waals surface area contributed by atoms with E-state index in [1.807, 2.05) is 84.9 Å². The van der Waals surface area contributed by atoms with Gasteiger partial charge in [0.05, 0.1) is 19.6 Å². The van der Waals surface area contributed by atoms with E-state index in [9.17, 15) is 4.79 Å². The SMILES string of the molecule is COc1cccc(OCCNC(=O)C(c2ccccc2)c2ccccc2)c1. The van der Waals surface area contributed by atoms with E-state index in [4.69, 9.17) is 9.47 Å². The number of rotatable bonds is 8. The molecule has 3 aromatic carbocycles. The average molecular weight is 361 g/mol. The fraction of sp³-hybridized carbons (Fsp3) is 0.174. The van der Waals surface area contributed by atoms with Gasteiger partial charge in [-0.2, -0.15) is 0 Å². The molecule has 0 radical (unpaired) electrons. The first-order chi connectivity index (χ1) is 13.3. The molecule has 0 unspecified atom stereocenters. The first kappa shape index (κ1) is 18.5. The van der Waals surface area contributed by atoms with Crippen LogP contribution in [-0.2, 0) is 4.79 Å². The van der Waals surface area contributed by atoms with Gasteiger partial charge in [0.1, 0.15) is 18.1 Å². The lowest BCUT2D eigenvalue weighted by Crippen LogP contribution is -2.33. The summed E-state index contributed by atoms with van der Waals surface area (Å²) in [6.07, 6.45) is 0. The lowest BCUT2D eigenvalue weighted by atomic mass is 9.90. The third-order valence-corrected chi connectivity index (χ3v) is 4.24. The number of methoxy groups -OCH3 is 1. The number of carbonyl (C=O) groups excluding carboxylic acids is 1. The van der Waals surface area contributed by atoms with E-state index < -0.39 is 0 Å². The van der Waals surface area contributed by atoms with Crippen LogP contribution >= 0.6 is 0 Å². The number of hydrogen-bond donors (Lipinski definition) is 1. The van der Waals surface area contributed by atoms with Gasteiger partial charge in [0.25, 0.3) is 0 Å². The van der Waals surface area contributed by atoms with E-state index >= 15 is 0 Å². The maximum Gasteiger partial charge on any atom is 0.232 e. The highest BCUT2D eigenvalue weighted by Gasteiger charge is 2.21. The van der Waals surface area contributed by atoms with Crippen LogP contribution in [0.25, 0.3) is 0 Å². The summed E-state index contributed by atoms with van der Waals surface area (Å²) in [4.78, 5) is 12.9. The van der Waals surface area contributed by atoms with Crippen LogP contribution in [0.15, 0.2) is 84.9 Å². The van der Waals surface area contributed by atoms with Crippen LogP contribution in [-0.4, -0.2) is 26.2 Å². The van der Waals surface area contributed by atoms with Crippen molar-refractivity contribution < 1.29 is 14.3 Å². The van der Waals surface area contributed by atoms with Crippen molar-refractivity contribution in [2.45, 2.75) is 5.92 Å². The summed E-state index contributed by atoms with van der Waals surface area (Å²) in [6, 6.07) is 27.0. The minimum atomic E-state index is -0.343. The van der Waals surface area contributed by atoms with Crippen molar-refractivity contribution in [1.29, 1.82) is 0 Å². The molecule has 1 N–H and O–H groups in total. The molecule has 138 valence electrons. The molecule has 27 heavy (non-hydrogen) atoms. The topological polar surface area (TPSA) is 47.6 Å². The summed E-state index contributed by atoms with van der Waals surface area (Å²) in [5, 5.41) is 2.98. The number of benzene rings is 3. The van der Waals surface area contributed by atoms with Gasteiger partial charge in [0.2, 0.25) is 5.91 Å². The van der Waals surface area contributed by atoms with Gasteiger partial charge in [0, 0.05) is 6.07 Å². The predicted octanol–water partition coefficient (Wildman–Crippen LogP) is 4.02. The Morgan fingerprint density at radius 1 is 0.852 bits per heavy atom. The van der Waals surface area contributed by atoms with Gasteiger partial charge in [0.15, 0.2) is 0 Å². The number of amides is 1. The van der Waals surface area contributed by atoms with E-state index in [0.29, 0.717) is 18.9 Å². The second-order valence-corrected chi connectivity index (χ2v) is 6.07. The molecule has 4 heteroatoms. The fourth-order valence-corrected chi connectivity index (χ4v) is 2.92. The second kappa shape index (κ2) is 9.43. The molecule has 0 aromatic heterocycles. The highest BCUT2D eigenvalue weighted by Crippen LogP contribution is 2.24. The van der Waals surface area contributed by atoms with Crippen molar-refractivity contribution in [3.63, 3.8) is 0 Å². The summed E-state index contributed by atoms with van der Waals surface area (Å²) in [6.45, 7) is 0.807. The molecule has 3 rings (SSSR count). The van der Waals surface area contributed by atoms with Gasteiger partial charge in [-0.3, -0.25) is 4.79 Å². The Labute approximate surface area is 159 Å². The molecule has 0 fully saturated rings. The molecule has 0 aliphatic carbocycles. The molecule has 0 spiro atoms. The molecular weight excluding hydrogens is 338 g/mol. The molecule has 0 saturated heterocycles. The third kappa shape index (κ3) is 5.11. The van der Waals surface area contributed by atoms with Crippen molar-refractivity contribution in [3.05, 3.63) is 96.1 Å². The normalized spacial score (nSPS) is 10.4. The van der Waals surface area contributed by atoms with Gasteiger partial charge in [-0.25, -0.2) is 0 Å². The standard InChI is InChI=1S/C23H23NO3/c1-26-20-13-8-14-21(17-20)27-16-15-24-23(25)22(18-9-4-2-5-10-18)19-11-6-3-7-12-19/h2-14,17,22H,15-16H2,1H3,(H,24,25). The predicted molar refractivity (Wildman–Crippen MR) is 106 cm³/mol. The van der Waals surface area contributed by atoms with E-state index in [1.165, 1.54) is 0 Å². The van der Waals surface area contributed by atoms with Crippen LogP contribution in [0.3, 0.4) is 0 Å². The van der Waals surface area contributed by atoms with Crippen LogP contribution in [0.5, 0.6) is 11.5 Å². The van der Waals surface area contributed by atoms with Crippen molar-refractivity contribution in [2.24, 2.45) is 0 Å². The molecule has 0 saturated carbocycles. The van der Waals surface area contributed by atoms with Crippen molar-refractivity contribution in [3.8, 4) is 11.5 Å². The molecular formula is C23H23NO3. The maximum absolute atomic E-state index is 12.9. The summed E-state index contributed by atoms with van der Waals surface area (Å²) in [5.41, 5.74) is 1.94. The zero-order chi connectivity index (χ0) is 18.9. The summed E-state index contributed by atoms with van der Waals surface area (Å²) < 4.78 is 10.9. The summed E-state index contributed by atoms with van der Waals surface area (Å²) in [5.74, 6) is 1.07. The van der Waals surface area contributed by atoms with Gasteiger partial charge in [-0.15, -0.1) is 0 Å². The minimum Gasteiger partial charge on any atom is -0.497 e. The lowest BCUT2D eigenvalue weighted by molar-refractivity contribution is -0.121. The molecule has 0 bridgehead atoms. The summed E-state index contributed by atoms with van der Waals surface area (Å²) in [7, 11) is 1.62. The van der Waals surface area contributed by atoms with Crippen LogP contribution in [0.2, 0.25) is 0 Å². The molecule has 3 aromatic rings. The zero-order valence-corrected chi connectivity index (χ0v) is 15.3. The van der Waals surface area contributed by atoms with Crippen LogP contribution in [0.1, 0.15) is 17.0 Å². The van der Waals surface area contributed by atoms with Gasteiger partial charge in [-0.1, -0.05) is 66.7 Å². The van der Waals surface area contributed by atoms with Crippen molar-refractivity contribution in [1.82, 2.24) is 5.32 Å². The van der Waals surface area contributed by atoms with Gasteiger partial charge >= 0.3 is 0 Å². The Bertz CT molecular complexity index is 810. The monoisotopic (exact) mass is 361 g/mol. The number of ether oxygens (including phenoxy) is 2. The third-order valence-electron chi connectivity index (χ3n) is 4.24. The number of nitrogens with one attached hydrogen (secondary N) is 1. The highest BCUT2D eigenvalue weighted by molar-refractivity contribution is 5.87. The number of hydrogen-bond acceptors (Lipinski definition) is 3. The summed E-state index contributed by atoms with van der Waals surface area (Å²) >= 11 is 0. The average Bonchev–Trinajstić information content (AvgIpc) is 2.73. The van der Waals surface area contributed by atoms with Gasteiger partial charge in [-0.05, 0) is 23.3 Å². The highest BCUT2D eigenvalue weighted by atomic mass is 16.5. The quantitative estimate of drug-likeness (QED) is 0.617. The Hall–Kier alpha value is -3.27. The lowest BCUT2D eigenvalue weighted by Gasteiger charge is -2.18. The molecule has 0 aliphatic rings. The van der Waals surface area contributed by atoms with Crippen molar-refractivity contribution >= 4 is 5.91 Å². The number of carbonyl (C=O) groups is 1. The van der Waals surface area contributed by atoms with Crippen molar-refractivity contribution in [2.75, 3.05) is 20.3 Å². The van der Waals surface area contributed by atoms with E-state index in [0.717, 1.165) is 16.9 Å². The zero-order valence-electron chi connectivity index (χ0n) is 15.3. The van der Waals surface area contributed by atoms with Gasteiger partial charge < -0.3 is 14.8 Å². The first-order valence-electron chi connectivity index (χ1n) is 8.92. The fourth-order valence-electron chi connectivity index (χ4n) is 2.92. The molecule has 0 atom stereocenters. The van der Waals surface area contributed by atoms with E-state index in [-0.39, 0.29) is 11.8 Å². The molecule has 1 amide bonds. The van der Waals surface area contributed by atoms with Crippen LogP contribution in [0, 0.1) is 0 Å². The Morgan fingerprint density at radius 3 is 2.04 bits per heavy atom. The Kier molecular flexibility index (Phi) is 6.47. The molecule has 0 heterocycles. The minimum absolute atomic E-state index is 0.0401. The van der Waals surface area contributed by atoms with E-state index in [1.54, 1.807) is 7.11 Å². The second-order valence-electron chi connectivity index (χ2n) is 6.07. The van der Waals surface area contributed by atoms with Crippen LogP contribution in [0.4, 0.5) is 0 Å².